The van der Waals surface area contributed by atoms with Crippen molar-refractivity contribution in [3.8, 4) is 0 Å². The Morgan fingerprint density at radius 2 is 2.13 bits per heavy atom. The summed E-state index contributed by atoms with van der Waals surface area (Å²) in [4.78, 5) is 0. The molecule has 0 aliphatic carbocycles. The van der Waals surface area contributed by atoms with E-state index in [2.05, 4.69) is 0 Å². The SMILES string of the molecule is CC(CCl)CSCc1cc(F)ccc1F. The van der Waals surface area contributed by atoms with Gasteiger partial charge < -0.3 is 0 Å². The molecule has 1 atom stereocenters. The van der Waals surface area contributed by atoms with Gasteiger partial charge in [0, 0.05) is 17.2 Å². The van der Waals surface area contributed by atoms with Gasteiger partial charge in [0.15, 0.2) is 0 Å². The molecule has 15 heavy (non-hydrogen) atoms. The summed E-state index contributed by atoms with van der Waals surface area (Å²) in [6, 6.07) is 3.54. The highest BCUT2D eigenvalue weighted by atomic mass is 35.5. The van der Waals surface area contributed by atoms with Crippen LogP contribution >= 0.6 is 23.4 Å². The lowest BCUT2D eigenvalue weighted by atomic mass is 10.2. The van der Waals surface area contributed by atoms with Crippen LogP contribution in [0.5, 0.6) is 0 Å². The van der Waals surface area contributed by atoms with Gasteiger partial charge in [0.2, 0.25) is 0 Å². The summed E-state index contributed by atoms with van der Waals surface area (Å²) in [6.45, 7) is 2.03. The largest absolute Gasteiger partial charge is 0.207 e. The number of benzene rings is 1. The maximum atomic E-state index is 13.2. The molecule has 84 valence electrons. The van der Waals surface area contributed by atoms with Gasteiger partial charge in [0.25, 0.3) is 0 Å². The molecule has 0 saturated carbocycles. The lowest BCUT2D eigenvalue weighted by Crippen LogP contribution is -2.00. The first-order valence-electron chi connectivity index (χ1n) is 4.71. The maximum absolute atomic E-state index is 13.2. The van der Waals surface area contributed by atoms with Crippen LogP contribution in [0, 0.1) is 17.6 Å². The molecule has 0 N–H and O–H groups in total. The van der Waals surface area contributed by atoms with Crippen molar-refractivity contribution >= 4 is 23.4 Å². The average molecular weight is 251 g/mol. The Hall–Kier alpha value is -0.280. The zero-order valence-electron chi connectivity index (χ0n) is 8.47. The fourth-order valence-corrected chi connectivity index (χ4v) is 2.39. The highest BCUT2D eigenvalue weighted by Gasteiger charge is 2.05. The molecule has 0 fully saturated rings. The van der Waals surface area contributed by atoms with E-state index in [0.717, 1.165) is 17.9 Å². The van der Waals surface area contributed by atoms with E-state index >= 15 is 0 Å². The lowest BCUT2D eigenvalue weighted by Gasteiger charge is -2.07. The molecule has 1 aromatic carbocycles. The molecule has 0 bridgehead atoms. The van der Waals surface area contributed by atoms with Crippen molar-refractivity contribution in [2.75, 3.05) is 11.6 Å². The second-order valence-electron chi connectivity index (χ2n) is 3.51. The third-order valence-corrected chi connectivity index (χ3v) is 3.78. The molecule has 0 aliphatic rings. The Morgan fingerprint density at radius 1 is 1.40 bits per heavy atom. The van der Waals surface area contributed by atoms with Crippen LogP contribution in [0.25, 0.3) is 0 Å². The van der Waals surface area contributed by atoms with Crippen molar-refractivity contribution in [1.82, 2.24) is 0 Å². The minimum Gasteiger partial charge on any atom is -0.207 e. The Labute approximate surface area is 98.0 Å². The lowest BCUT2D eigenvalue weighted by molar-refractivity contribution is 0.591. The van der Waals surface area contributed by atoms with Crippen LogP contribution in [-0.2, 0) is 5.75 Å². The summed E-state index contributed by atoms with van der Waals surface area (Å²) in [7, 11) is 0. The van der Waals surface area contributed by atoms with E-state index < -0.39 is 5.82 Å². The van der Waals surface area contributed by atoms with Crippen LogP contribution in [0.2, 0.25) is 0 Å². The molecular weight excluding hydrogens is 238 g/mol. The second-order valence-corrected chi connectivity index (χ2v) is 4.85. The highest BCUT2D eigenvalue weighted by Crippen LogP contribution is 2.19. The smallest absolute Gasteiger partial charge is 0.127 e. The Morgan fingerprint density at radius 3 is 2.80 bits per heavy atom. The van der Waals surface area contributed by atoms with Crippen LogP contribution in [0.1, 0.15) is 12.5 Å². The van der Waals surface area contributed by atoms with Gasteiger partial charge in [-0.25, -0.2) is 8.78 Å². The first kappa shape index (κ1) is 12.8. The fourth-order valence-electron chi connectivity index (χ4n) is 1.07. The van der Waals surface area contributed by atoms with Crippen molar-refractivity contribution in [1.29, 1.82) is 0 Å². The van der Waals surface area contributed by atoms with Crippen molar-refractivity contribution in [2.45, 2.75) is 12.7 Å². The van der Waals surface area contributed by atoms with Crippen LogP contribution in [-0.4, -0.2) is 11.6 Å². The van der Waals surface area contributed by atoms with E-state index in [9.17, 15) is 8.78 Å². The molecule has 0 heterocycles. The van der Waals surface area contributed by atoms with Gasteiger partial charge in [0.1, 0.15) is 11.6 Å². The molecule has 1 unspecified atom stereocenters. The Bertz CT molecular complexity index is 317. The van der Waals surface area contributed by atoms with Gasteiger partial charge in [-0.3, -0.25) is 0 Å². The van der Waals surface area contributed by atoms with Crippen molar-refractivity contribution < 1.29 is 8.78 Å². The van der Waals surface area contributed by atoms with Crippen molar-refractivity contribution in [2.24, 2.45) is 5.92 Å². The van der Waals surface area contributed by atoms with E-state index in [1.54, 1.807) is 11.8 Å². The van der Waals surface area contributed by atoms with Gasteiger partial charge in [-0.1, -0.05) is 6.92 Å². The van der Waals surface area contributed by atoms with Crippen molar-refractivity contribution in [3.05, 3.63) is 35.4 Å². The predicted molar refractivity (Wildman–Crippen MR) is 62.4 cm³/mol. The summed E-state index contributed by atoms with van der Waals surface area (Å²) in [5.41, 5.74) is 0.418. The highest BCUT2D eigenvalue weighted by molar-refractivity contribution is 7.98. The Kier molecular flexibility index (Phi) is 5.40. The fraction of sp³-hybridized carbons (Fsp3) is 0.455. The van der Waals surface area contributed by atoms with Crippen LogP contribution < -0.4 is 0 Å². The number of alkyl halides is 1. The quantitative estimate of drug-likeness (QED) is 0.710. The molecular formula is C11H13ClF2S. The standard InChI is InChI=1S/C11H13ClF2S/c1-8(5-12)6-15-7-9-4-10(13)2-3-11(9)14/h2-4,8H,5-7H2,1H3. The van der Waals surface area contributed by atoms with E-state index in [-0.39, 0.29) is 5.82 Å². The molecule has 1 rings (SSSR count). The summed E-state index contributed by atoms with van der Waals surface area (Å²) in [6.07, 6.45) is 0. The molecule has 4 heteroatoms. The number of thioether (sulfide) groups is 1. The average Bonchev–Trinajstić information content (AvgIpc) is 2.23. The molecule has 0 aliphatic heterocycles. The topological polar surface area (TPSA) is 0 Å². The Balaban J connectivity index is 2.46. The molecule has 1 aromatic rings. The molecule has 0 saturated heterocycles. The second kappa shape index (κ2) is 6.33. The maximum Gasteiger partial charge on any atom is 0.127 e. The summed E-state index contributed by atoms with van der Waals surface area (Å²) >= 11 is 7.21. The van der Waals surface area contributed by atoms with Crippen molar-refractivity contribution in [3.63, 3.8) is 0 Å². The summed E-state index contributed by atoms with van der Waals surface area (Å²) in [5, 5.41) is 0. The van der Waals surface area contributed by atoms with E-state index in [1.807, 2.05) is 6.92 Å². The van der Waals surface area contributed by atoms with E-state index in [1.165, 1.54) is 6.07 Å². The monoisotopic (exact) mass is 250 g/mol. The van der Waals surface area contributed by atoms with Gasteiger partial charge in [0.05, 0.1) is 0 Å². The first-order chi connectivity index (χ1) is 7.13. The summed E-state index contributed by atoms with van der Waals surface area (Å²) < 4.78 is 26.0. The van der Waals surface area contributed by atoms with Gasteiger partial charge >= 0.3 is 0 Å². The zero-order chi connectivity index (χ0) is 11.3. The minimum atomic E-state index is -0.391. The van der Waals surface area contributed by atoms with Gasteiger partial charge in [-0.05, 0) is 29.9 Å². The molecule has 0 nitrogen and oxygen atoms in total. The number of halogens is 3. The number of hydrogen-bond donors (Lipinski definition) is 0. The van der Waals surface area contributed by atoms with Gasteiger partial charge in [-0.15, -0.1) is 11.6 Å². The summed E-state index contributed by atoms with van der Waals surface area (Å²) in [5.74, 6) is 1.61. The van der Waals surface area contributed by atoms with Crippen LogP contribution in [0.15, 0.2) is 18.2 Å². The molecule has 0 radical (unpaired) electrons. The molecule has 0 amide bonds. The molecule has 0 aromatic heterocycles. The van der Waals surface area contributed by atoms with Gasteiger partial charge in [-0.2, -0.15) is 11.8 Å². The van der Waals surface area contributed by atoms with E-state index in [4.69, 9.17) is 11.6 Å². The predicted octanol–water partition coefficient (Wildman–Crippen LogP) is 4.07. The van der Waals surface area contributed by atoms with Crippen LogP contribution in [0.3, 0.4) is 0 Å². The number of rotatable bonds is 5. The number of hydrogen-bond acceptors (Lipinski definition) is 1. The third-order valence-electron chi connectivity index (χ3n) is 1.93. The third kappa shape index (κ3) is 4.39. The molecule has 0 spiro atoms. The first-order valence-corrected chi connectivity index (χ1v) is 6.40. The van der Waals surface area contributed by atoms with Crippen LogP contribution in [0.4, 0.5) is 8.78 Å². The normalized spacial score (nSPS) is 12.8. The minimum absolute atomic E-state index is 0.345. The zero-order valence-corrected chi connectivity index (χ0v) is 10.0. The van der Waals surface area contributed by atoms with E-state index in [0.29, 0.717) is 23.1 Å².